The van der Waals surface area contributed by atoms with Crippen molar-refractivity contribution >= 4 is 16.9 Å². The summed E-state index contributed by atoms with van der Waals surface area (Å²) in [4.78, 5) is 8.41. The minimum atomic E-state index is -0.685. The molecule has 3 heterocycles. The molecule has 2 unspecified atom stereocenters. The molecule has 0 radical (unpaired) electrons. The summed E-state index contributed by atoms with van der Waals surface area (Å²) in [5.41, 5.74) is 7.51. The van der Waals surface area contributed by atoms with Crippen molar-refractivity contribution in [3.05, 3.63) is 52.9 Å². The van der Waals surface area contributed by atoms with Crippen LogP contribution in [0.2, 0.25) is 0 Å². The number of aryl methyl sites for hydroxylation is 1. The molecule has 5 rings (SSSR count). The number of nitrogens with zero attached hydrogens (tertiary/aromatic N) is 2. The van der Waals surface area contributed by atoms with Crippen molar-refractivity contribution in [2.24, 2.45) is 16.6 Å². The average molecular weight is 361 g/mol. The molecule has 1 aromatic rings. The molecule has 1 spiro atoms. The van der Waals surface area contributed by atoms with E-state index >= 15 is 0 Å². The van der Waals surface area contributed by atoms with Crippen LogP contribution in [-0.2, 0) is 10.2 Å². The Kier molecular flexibility index (Phi) is 3.05. The largest absolute Gasteiger partial charge is 0.379 e. The van der Waals surface area contributed by atoms with Gasteiger partial charge in [-0.2, -0.15) is 4.39 Å². The Bertz CT molecular complexity index is 883. The van der Waals surface area contributed by atoms with E-state index in [0.717, 1.165) is 5.56 Å². The van der Waals surface area contributed by atoms with Gasteiger partial charge in [0.05, 0.1) is 24.0 Å². The lowest BCUT2D eigenvalue weighted by Gasteiger charge is -2.64. The number of hydrogen-bond donors (Lipinski definition) is 1. The first kappa shape index (κ1) is 15.5. The number of rotatable bonds is 1. The third-order valence-electron chi connectivity index (χ3n) is 5.96. The highest BCUT2D eigenvalue weighted by Crippen LogP contribution is 2.71. The zero-order valence-corrected chi connectivity index (χ0v) is 14.4. The minimum Gasteiger partial charge on any atom is -0.379 e. The maximum atomic E-state index is 14.7. The van der Waals surface area contributed by atoms with Crippen molar-refractivity contribution in [1.82, 2.24) is 4.98 Å². The van der Waals surface area contributed by atoms with Crippen molar-refractivity contribution in [2.75, 3.05) is 13.2 Å². The molecule has 1 aromatic heterocycles. The Labute approximate surface area is 148 Å². The predicted molar refractivity (Wildman–Crippen MR) is 92.5 cm³/mol. The van der Waals surface area contributed by atoms with Crippen molar-refractivity contribution in [2.45, 2.75) is 29.5 Å². The average Bonchev–Trinajstić information content (AvgIpc) is 3.04. The Morgan fingerprint density at radius 1 is 1.36 bits per heavy atom. The van der Waals surface area contributed by atoms with E-state index < -0.39 is 16.1 Å². The predicted octanol–water partition coefficient (Wildman–Crippen LogP) is 2.78. The van der Waals surface area contributed by atoms with Gasteiger partial charge in [-0.15, -0.1) is 0 Å². The lowest BCUT2D eigenvalue weighted by molar-refractivity contribution is 0.148. The molecule has 130 valence electrons. The first-order valence-corrected chi connectivity index (χ1v) is 9.10. The Balaban J connectivity index is 1.77. The van der Waals surface area contributed by atoms with Crippen LogP contribution in [0.15, 0.2) is 40.8 Å². The smallest absolute Gasteiger partial charge is 0.217 e. The lowest BCUT2D eigenvalue weighted by atomic mass is 9.47. The summed E-state index contributed by atoms with van der Waals surface area (Å²) < 4.78 is 34.4. The molecule has 25 heavy (non-hydrogen) atoms. The van der Waals surface area contributed by atoms with Gasteiger partial charge in [-0.3, -0.25) is 4.99 Å². The normalized spacial score (nSPS) is 38.6. The first-order valence-electron chi connectivity index (χ1n) is 8.29. The zero-order chi connectivity index (χ0) is 17.4. The molecule has 7 heteroatoms. The van der Waals surface area contributed by atoms with E-state index in [0.29, 0.717) is 35.9 Å². The fourth-order valence-electron chi connectivity index (χ4n) is 4.91. The summed E-state index contributed by atoms with van der Waals surface area (Å²) in [6, 6.07) is 1.71. The molecular weight excluding hydrogens is 344 g/mol. The molecule has 1 saturated heterocycles. The van der Waals surface area contributed by atoms with E-state index in [1.807, 2.05) is 13.0 Å². The molecule has 0 aromatic carbocycles. The van der Waals surface area contributed by atoms with Gasteiger partial charge in [0, 0.05) is 23.1 Å². The fraction of sp³-hybridized carbons (Fsp3) is 0.444. The van der Waals surface area contributed by atoms with Gasteiger partial charge in [0.25, 0.3) is 0 Å². The molecule has 1 saturated carbocycles. The van der Waals surface area contributed by atoms with Gasteiger partial charge in [-0.05, 0) is 36.6 Å². The molecule has 2 bridgehead atoms. The van der Waals surface area contributed by atoms with Gasteiger partial charge in [-0.25, -0.2) is 9.37 Å². The van der Waals surface area contributed by atoms with E-state index in [9.17, 15) is 8.78 Å². The number of ether oxygens (including phenoxy) is 1. The quantitative estimate of drug-likeness (QED) is 0.782. The van der Waals surface area contributed by atoms with E-state index in [1.165, 1.54) is 24.0 Å². The van der Waals surface area contributed by atoms with Crippen molar-refractivity contribution in [1.29, 1.82) is 0 Å². The van der Waals surface area contributed by atoms with E-state index in [4.69, 9.17) is 10.5 Å². The SMILES string of the molecule is Cc1cnc(F)c(C23C=CC(F)=C(C2)C32SC(N)=N[C@@H]3COC[C@H]32)c1. The van der Waals surface area contributed by atoms with Crippen LogP contribution in [0, 0.1) is 18.8 Å². The molecule has 4 atom stereocenters. The molecular formula is C18H17F2N3OS. The van der Waals surface area contributed by atoms with Crippen LogP contribution in [0.3, 0.4) is 0 Å². The first-order chi connectivity index (χ1) is 12.0. The monoisotopic (exact) mass is 361 g/mol. The number of aliphatic imine (C=N–C) groups is 1. The van der Waals surface area contributed by atoms with E-state index in [1.54, 1.807) is 6.08 Å². The number of fused-ring (bicyclic) bond motifs is 6. The van der Waals surface area contributed by atoms with Gasteiger partial charge in [0.2, 0.25) is 5.95 Å². The highest BCUT2D eigenvalue weighted by molar-refractivity contribution is 8.15. The van der Waals surface area contributed by atoms with Gasteiger partial charge >= 0.3 is 0 Å². The number of allylic oxidation sites excluding steroid dienone is 3. The summed E-state index contributed by atoms with van der Waals surface area (Å²) in [5, 5.41) is 0.414. The van der Waals surface area contributed by atoms with Gasteiger partial charge in [0.15, 0.2) is 5.17 Å². The molecule has 2 aliphatic heterocycles. The number of halogens is 2. The van der Waals surface area contributed by atoms with Crippen LogP contribution in [0.4, 0.5) is 8.78 Å². The summed E-state index contributed by atoms with van der Waals surface area (Å²) in [6.07, 6.45) is 5.21. The highest BCUT2D eigenvalue weighted by Gasteiger charge is 2.72. The highest BCUT2D eigenvalue weighted by atomic mass is 32.2. The van der Waals surface area contributed by atoms with Gasteiger partial charge < -0.3 is 10.5 Å². The fourth-order valence-corrected chi connectivity index (χ4v) is 6.53. The second-order valence-corrected chi connectivity index (χ2v) is 8.44. The molecule has 2 N–H and O–H groups in total. The van der Waals surface area contributed by atoms with Crippen molar-refractivity contribution in [3.8, 4) is 0 Å². The molecule has 0 amide bonds. The molecule has 2 aliphatic carbocycles. The number of pyridine rings is 1. The number of nitrogens with two attached hydrogens (primary N) is 1. The van der Waals surface area contributed by atoms with Gasteiger partial charge in [-0.1, -0.05) is 17.8 Å². The van der Waals surface area contributed by atoms with Crippen molar-refractivity contribution in [3.63, 3.8) is 0 Å². The number of aromatic nitrogens is 1. The summed E-state index contributed by atoms with van der Waals surface area (Å²) >= 11 is 1.36. The number of amidine groups is 1. The molecule has 4 aliphatic rings. The Morgan fingerprint density at radius 3 is 3.00 bits per heavy atom. The number of thioether (sulfide) groups is 1. The summed E-state index contributed by atoms with van der Waals surface area (Å²) in [5.74, 6) is -0.784. The Hall–Kier alpha value is -1.73. The number of hydrogen-bond acceptors (Lipinski definition) is 5. The van der Waals surface area contributed by atoms with E-state index in [-0.39, 0.29) is 17.8 Å². The molecule has 4 nitrogen and oxygen atoms in total. The molecule has 2 fully saturated rings. The second-order valence-electron chi connectivity index (χ2n) is 7.18. The van der Waals surface area contributed by atoms with Crippen LogP contribution < -0.4 is 5.73 Å². The summed E-state index contributed by atoms with van der Waals surface area (Å²) in [6.45, 7) is 2.83. The standard InChI is InChI=1S/C18H17F2N3OS/c1-9-4-10(15(20)22-6-9)17-3-2-13(19)11(5-17)18(17)12-7-24-8-14(12)23-16(21)25-18/h2-4,6,12,14H,5,7-8H2,1H3,(H2,21,23)/t12-,14-,17?,18?/m1/s1. The van der Waals surface area contributed by atoms with Crippen LogP contribution >= 0.6 is 11.8 Å². The van der Waals surface area contributed by atoms with Crippen LogP contribution in [0.5, 0.6) is 0 Å². The third kappa shape index (κ3) is 1.75. The minimum absolute atomic E-state index is 0.0378. The maximum Gasteiger partial charge on any atom is 0.217 e. The van der Waals surface area contributed by atoms with Crippen LogP contribution in [0.1, 0.15) is 17.5 Å². The summed E-state index contributed by atoms with van der Waals surface area (Å²) in [7, 11) is 0. The lowest BCUT2D eigenvalue weighted by Crippen LogP contribution is -2.68. The van der Waals surface area contributed by atoms with Gasteiger partial charge in [0.1, 0.15) is 5.83 Å². The Morgan fingerprint density at radius 2 is 2.20 bits per heavy atom. The zero-order valence-electron chi connectivity index (χ0n) is 13.6. The van der Waals surface area contributed by atoms with Crippen molar-refractivity contribution < 1.29 is 13.5 Å². The van der Waals surface area contributed by atoms with Crippen LogP contribution in [-0.4, -0.2) is 34.2 Å². The van der Waals surface area contributed by atoms with Crippen LogP contribution in [0.25, 0.3) is 0 Å². The topological polar surface area (TPSA) is 60.5 Å². The van der Waals surface area contributed by atoms with E-state index in [2.05, 4.69) is 9.98 Å². The third-order valence-corrected chi connectivity index (χ3v) is 7.51. The maximum absolute atomic E-state index is 14.7. The second kappa shape index (κ2) is 4.92.